The highest BCUT2D eigenvalue weighted by molar-refractivity contribution is 5.78. The third-order valence-corrected chi connectivity index (χ3v) is 5.04. The topological polar surface area (TPSA) is 47.4 Å². The lowest BCUT2D eigenvalue weighted by molar-refractivity contribution is -0.127. The number of rotatable bonds is 5. The van der Waals surface area contributed by atoms with Gasteiger partial charge in [-0.2, -0.15) is 0 Å². The molecular formula is C19H25N3O2. The first-order valence-corrected chi connectivity index (χ1v) is 8.48. The Bertz CT molecular complexity index is 751. The minimum Gasteiger partial charge on any atom is -0.496 e. The predicted molar refractivity (Wildman–Crippen MR) is 94.1 cm³/mol. The van der Waals surface area contributed by atoms with Crippen LogP contribution in [-0.4, -0.2) is 40.6 Å². The Labute approximate surface area is 143 Å². The van der Waals surface area contributed by atoms with Crippen LogP contribution >= 0.6 is 0 Å². The van der Waals surface area contributed by atoms with Gasteiger partial charge in [0.25, 0.3) is 0 Å². The summed E-state index contributed by atoms with van der Waals surface area (Å²) in [6.45, 7) is 8.66. The molecule has 1 amide bonds. The molecule has 0 aliphatic carbocycles. The number of carbonyl (C=O) groups is 1. The van der Waals surface area contributed by atoms with E-state index in [9.17, 15) is 4.79 Å². The van der Waals surface area contributed by atoms with Gasteiger partial charge in [0.1, 0.15) is 11.6 Å². The Kier molecular flexibility index (Phi) is 4.60. The van der Waals surface area contributed by atoms with Gasteiger partial charge in [0.05, 0.1) is 7.11 Å². The first-order valence-electron chi connectivity index (χ1n) is 8.48. The quantitative estimate of drug-likeness (QED) is 0.848. The average molecular weight is 327 g/mol. The number of aromatic nitrogens is 2. The van der Waals surface area contributed by atoms with Crippen molar-refractivity contribution in [2.24, 2.45) is 5.92 Å². The molecule has 2 aromatic rings. The van der Waals surface area contributed by atoms with Crippen LogP contribution in [0.3, 0.4) is 0 Å². The summed E-state index contributed by atoms with van der Waals surface area (Å²) in [7, 11) is 1.69. The number of imidazole rings is 1. The lowest BCUT2D eigenvalue weighted by Crippen LogP contribution is -2.25. The molecule has 5 nitrogen and oxygen atoms in total. The summed E-state index contributed by atoms with van der Waals surface area (Å²) in [6.07, 6.45) is 4.47. The molecule has 1 fully saturated rings. The molecule has 0 saturated carbocycles. The zero-order valence-corrected chi connectivity index (χ0v) is 14.9. The van der Waals surface area contributed by atoms with Crippen LogP contribution in [0.15, 0.2) is 24.5 Å². The molecule has 0 spiro atoms. The minimum absolute atomic E-state index is 0.264. The molecule has 0 bridgehead atoms. The van der Waals surface area contributed by atoms with Gasteiger partial charge in [-0.15, -0.1) is 0 Å². The molecule has 24 heavy (non-hydrogen) atoms. The minimum atomic E-state index is 0.264. The Morgan fingerprint density at radius 1 is 1.29 bits per heavy atom. The van der Waals surface area contributed by atoms with Crippen molar-refractivity contribution in [1.29, 1.82) is 0 Å². The van der Waals surface area contributed by atoms with E-state index in [2.05, 4.69) is 29.5 Å². The highest BCUT2D eigenvalue weighted by atomic mass is 16.5. The molecular weight excluding hydrogens is 302 g/mol. The summed E-state index contributed by atoms with van der Waals surface area (Å²) in [6, 6.07) is 4.06. The predicted octanol–water partition coefficient (Wildman–Crippen LogP) is 3.04. The van der Waals surface area contributed by atoms with E-state index in [4.69, 9.17) is 4.74 Å². The van der Waals surface area contributed by atoms with Crippen LogP contribution < -0.4 is 4.74 Å². The fraction of sp³-hybridized carbons (Fsp3) is 0.474. The highest BCUT2D eigenvalue weighted by Gasteiger charge is 2.29. The Morgan fingerprint density at radius 3 is 2.75 bits per heavy atom. The van der Waals surface area contributed by atoms with Crippen molar-refractivity contribution in [3.8, 4) is 17.1 Å². The zero-order valence-electron chi connectivity index (χ0n) is 14.9. The van der Waals surface area contributed by atoms with Gasteiger partial charge < -0.3 is 14.2 Å². The summed E-state index contributed by atoms with van der Waals surface area (Å²) < 4.78 is 7.57. The van der Waals surface area contributed by atoms with Crippen LogP contribution in [-0.2, 0) is 11.3 Å². The maximum absolute atomic E-state index is 12.0. The summed E-state index contributed by atoms with van der Waals surface area (Å²) in [5, 5.41) is 0. The van der Waals surface area contributed by atoms with Gasteiger partial charge in [-0.1, -0.05) is 0 Å². The van der Waals surface area contributed by atoms with Crippen LogP contribution in [0.5, 0.6) is 5.75 Å². The monoisotopic (exact) mass is 327 g/mol. The Morgan fingerprint density at radius 2 is 2.08 bits per heavy atom. The molecule has 1 aliphatic rings. The summed E-state index contributed by atoms with van der Waals surface area (Å²) in [5.74, 6) is 2.47. The van der Waals surface area contributed by atoms with Gasteiger partial charge in [-0.25, -0.2) is 4.98 Å². The van der Waals surface area contributed by atoms with Crippen molar-refractivity contribution in [3.05, 3.63) is 35.7 Å². The second kappa shape index (κ2) is 6.67. The first kappa shape index (κ1) is 16.6. The number of carbonyl (C=O) groups excluding carboxylic acids is 1. The fourth-order valence-electron chi connectivity index (χ4n) is 3.52. The number of methoxy groups -OCH3 is 1. The second-order valence-electron chi connectivity index (χ2n) is 6.47. The van der Waals surface area contributed by atoms with Crippen molar-refractivity contribution >= 4 is 5.91 Å². The van der Waals surface area contributed by atoms with E-state index in [0.717, 1.165) is 42.3 Å². The second-order valence-corrected chi connectivity index (χ2v) is 6.47. The third kappa shape index (κ3) is 2.90. The van der Waals surface area contributed by atoms with E-state index in [0.29, 0.717) is 12.3 Å². The molecule has 5 heteroatoms. The van der Waals surface area contributed by atoms with E-state index in [-0.39, 0.29) is 5.91 Å². The molecule has 1 aliphatic heterocycles. The Hall–Kier alpha value is -2.30. The molecule has 2 heterocycles. The molecule has 0 N–H and O–H groups in total. The van der Waals surface area contributed by atoms with E-state index < -0.39 is 0 Å². The Balaban J connectivity index is 1.87. The number of hydrogen-bond acceptors (Lipinski definition) is 3. The van der Waals surface area contributed by atoms with Gasteiger partial charge in [-0.05, 0) is 44.0 Å². The normalized spacial score (nSPS) is 17.6. The number of likely N-dealkylation sites (tertiary alicyclic amines) is 1. The highest BCUT2D eigenvalue weighted by Crippen LogP contribution is 2.31. The summed E-state index contributed by atoms with van der Waals surface area (Å²) >= 11 is 0. The van der Waals surface area contributed by atoms with Crippen molar-refractivity contribution in [3.63, 3.8) is 0 Å². The van der Waals surface area contributed by atoms with Crippen LogP contribution in [0.25, 0.3) is 11.4 Å². The van der Waals surface area contributed by atoms with Gasteiger partial charge in [0.2, 0.25) is 5.91 Å². The SMILES string of the molecule is CCN1C[C@H](Cn2ccnc2-c2ccc(OC)c(C)c2C)CC1=O. The molecule has 1 atom stereocenters. The van der Waals surface area contributed by atoms with E-state index in [1.165, 1.54) is 5.56 Å². The van der Waals surface area contributed by atoms with Crippen LogP contribution in [0.2, 0.25) is 0 Å². The largest absolute Gasteiger partial charge is 0.496 e. The number of amides is 1. The average Bonchev–Trinajstić information content (AvgIpc) is 3.16. The number of nitrogens with zero attached hydrogens (tertiary/aromatic N) is 3. The molecule has 128 valence electrons. The van der Waals surface area contributed by atoms with Crippen molar-refractivity contribution < 1.29 is 9.53 Å². The summed E-state index contributed by atoms with van der Waals surface area (Å²) in [4.78, 5) is 18.5. The first-order chi connectivity index (χ1) is 11.5. The maximum Gasteiger partial charge on any atom is 0.222 e. The lowest BCUT2D eigenvalue weighted by atomic mass is 10.0. The van der Waals surface area contributed by atoms with Crippen LogP contribution in [0.1, 0.15) is 24.5 Å². The van der Waals surface area contributed by atoms with Crippen LogP contribution in [0, 0.1) is 19.8 Å². The number of ether oxygens (including phenoxy) is 1. The van der Waals surface area contributed by atoms with Gasteiger partial charge in [-0.3, -0.25) is 4.79 Å². The van der Waals surface area contributed by atoms with Crippen molar-refractivity contribution in [1.82, 2.24) is 14.5 Å². The maximum atomic E-state index is 12.0. The third-order valence-electron chi connectivity index (χ3n) is 5.04. The fourth-order valence-corrected chi connectivity index (χ4v) is 3.52. The van der Waals surface area contributed by atoms with Crippen molar-refractivity contribution in [2.75, 3.05) is 20.2 Å². The molecule has 0 unspecified atom stereocenters. The lowest BCUT2D eigenvalue weighted by Gasteiger charge is -2.17. The van der Waals surface area contributed by atoms with E-state index in [1.807, 2.05) is 30.3 Å². The van der Waals surface area contributed by atoms with Crippen molar-refractivity contribution in [2.45, 2.75) is 33.7 Å². The van der Waals surface area contributed by atoms with Crippen LogP contribution in [0.4, 0.5) is 0 Å². The standard InChI is InChI=1S/C19H25N3O2/c1-5-21-11-15(10-18(21)23)12-22-9-8-20-19(22)16-6-7-17(24-4)14(3)13(16)2/h6-9,15H,5,10-12H2,1-4H3/t15-/m1/s1. The summed E-state index contributed by atoms with van der Waals surface area (Å²) in [5.41, 5.74) is 3.44. The molecule has 1 aromatic heterocycles. The van der Waals surface area contributed by atoms with Gasteiger partial charge in [0, 0.05) is 49.9 Å². The number of hydrogen-bond donors (Lipinski definition) is 0. The van der Waals surface area contributed by atoms with Gasteiger partial charge >= 0.3 is 0 Å². The zero-order chi connectivity index (χ0) is 17.3. The van der Waals surface area contributed by atoms with E-state index in [1.54, 1.807) is 7.11 Å². The molecule has 1 saturated heterocycles. The van der Waals surface area contributed by atoms with E-state index >= 15 is 0 Å². The van der Waals surface area contributed by atoms with Gasteiger partial charge in [0.15, 0.2) is 0 Å². The molecule has 3 rings (SSSR count). The number of benzene rings is 1. The molecule has 0 radical (unpaired) electrons. The molecule has 1 aromatic carbocycles. The smallest absolute Gasteiger partial charge is 0.222 e.